The molecule has 1 unspecified atom stereocenters. The third-order valence-corrected chi connectivity index (χ3v) is 2.03. The van der Waals surface area contributed by atoms with Crippen molar-refractivity contribution < 1.29 is 0 Å². The molecular formula is C9H23ClN2. The molecule has 0 radical (unpaired) electrons. The van der Waals surface area contributed by atoms with Crippen LogP contribution >= 0.6 is 12.4 Å². The summed E-state index contributed by atoms with van der Waals surface area (Å²) < 4.78 is 0. The summed E-state index contributed by atoms with van der Waals surface area (Å²) in [5.41, 5.74) is 5.64. The van der Waals surface area contributed by atoms with Crippen molar-refractivity contribution in [3.8, 4) is 0 Å². The van der Waals surface area contributed by atoms with Crippen molar-refractivity contribution in [3.63, 3.8) is 0 Å². The highest BCUT2D eigenvalue weighted by Gasteiger charge is 1.99. The van der Waals surface area contributed by atoms with Crippen LogP contribution in [-0.2, 0) is 0 Å². The molecule has 0 aromatic heterocycles. The summed E-state index contributed by atoms with van der Waals surface area (Å²) in [6, 6.07) is 0.366. The largest absolute Gasteiger partial charge is 0.328 e. The van der Waals surface area contributed by atoms with Gasteiger partial charge in [-0.2, -0.15) is 0 Å². The SMILES string of the molecule is CCN(CC)CCCC(C)N.Cl. The van der Waals surface area contributed by atoms with E-state index >= 15 is 0 Å². The zero-order chi connectivity index (χ0) is 8.69. The lowest BCUT2D eigenvalue weighted by molar-refractivity contribution is 0.294. The normalized spacial score (nSPS) is 12.8. The molecule has 0 rings (SSSR count). The van der Waals surface area contributed by atoms with Gasteiger partial charge in [0.05, 0.1) is 0 Å². The van der Waals surface area contributed by atoms with E-state index in [1.807, 2.05) is 0 Å². The Morgan fingerprint density at radius 3 is 2.08 bits per heavy atom. The third-order valence-electron chi connectivity index (χ3n) is 2.03. The quantitative estimate of drug-likeness (QED) is 0.700. The molecular weight excluding hydrogens is 172 g/mol. The predicted octanol–water partition coefficient (Wildman–Crippen LogP) is 1.88. The van der Waals surface area contributed by atoms with Crippen LogP contribution in [0.15, 0.2) is 0 Å². The maximum absolute atomic E-state index is 5.64. The Labute approximate surface area is 82.9 Å². The lowest BCUT2D eigenvalue weighted by atomic mass is 10.2. The standard InChI is InChI=1S/C9H22N2.ClH/c1-4-11(5-2)8-6-7-9(3)10;/h9H,4-8,10H2,1-3H3;1H. The highest BCUT2D eigenvalue weighted by atomic mass is 35.5. The van der Waals surface area contributed by atoms with Crippen LogP contribution < -0.4 is 5.73 Å². The van der Waals surface area contributed by atoms with Crippen LogP contribution in [0.3, 0.4) is 0 Å². The van der Waals surface area contributed by atoms with Gasteiger partial charge in [-0.25, -0.2) is 0 Å². The first-order chi connectivity index (χ1) is 5.20. The zero-order valence-corrected chi connectivity index (χ0v) is 9.36. The van der Waals surface area contributed by atoms with E-state index in [0.717, 1.165) is 19.5 Å². The van der Waals surface area contributed by atoms with Crippen molar-refractivity contribution in [3.05, 3.63) is 0 Å². The van der Waals surface area contributed by atoms with Gasteiger partial charge >= 0.3 is 0 Å². The first kappa shape index (κ1) is 14.7. The zero-order valence-electron chi connectivity index (χ0n) is 8.55. The van der Waals surface area contributed by atoms with E-state index in [1.165, 1.54) is 13.0 Å². The summed E-state index contributed by atoms with van der Waals surface area (Å²) in [4.78, 5) is 2.43. The van der Waals surface area contributed by atoms with E-state index < -0.39 is 0 Å². The van der Waals surface area contributed by atoms with Gasteiger partial charge < -0.3 is 10.6 Å². The molecule has 0 fully saturated rings. The van der Waals surface area contributed by atoms with Crippen LogP contribution in [-0.4, -0.2) is 30.6 Å². The molecule has 0 aromatic carbocycles. The summed E-state index contributed by atoms with van der Waals surface area (Å²) in [5.74, 6) is 0. The van der Waals surface area contributed by atoms with Gasteiger partial charge in [0.1, 0.15) is 0 Å². The average molecular weight is 195 g/mol. The molecule has 0 heterocycles. The van der Waals surface area contributed by atoms with Crippen molar-refractivity contribution in [2.45, 2.75) is 39.7 Å². The number of nitrogens with two attached hydrogens (primary N) is 1. The second kappa shape index (κ2) is 9.30. The molecule has 0 saturated heterocycles. The lowest BCUT2D eigenvalue weighted by Gasteiger charge is -2.17. The second-order valence-corrected chi connectivity index (χ2v) is 3.15. The Morgan fingerprint density at radius 2 is 1.75 bits per heavy atom. The topological polar surface area (TPSA) is 29.3 Å². The van der Waals surface area contributed by atoms with E-state index in [4.69, 9.17) is 5.73 Å². The minimum absolute atomic E-state index is 0. The van der Waals surface area contributed by atoms with Gasteiger partial charge in [0, 0.05) is 6.04 Å². The van der Waals surface area contributed by atoms with E-state index in [0.29, 0.717) is 6.04 Å². The number of rotatable bonds is 6. The number of halogens is 1. The van der Waals surface area contributed by atoms with Crippen LogP contribution in [0, 0.1) is 0 Å². The van der Waals surface area contributed by atoms with Crippen LogP contribution in [0.2, 0.25) is 0 Å². The first-order valence-corrected chi connectivity index (χ1v) is 4.68. The fourth-order valence-electron chi connectivity index (χ4n) is 1.18. The van der Waals surface area contributed by atoms with Crippen molar-refractivity contribution in [2.24, 2.45) is 5.73 Å². The molecule has 0 aliphatic heterocycles. The lowest BCUT2D eigenvalue weighted by Crippen LogP contribution is -2.25. The number of hydrogen-bond acceptors (Lipinski definition) is 2. The molecule has 1 atom stereocenters. The van der Waals surface area contributed by atoms with Gasteiger partial charge in [0.15, 0.2) is 0 Å². The van der Waals surface area contributed by atoms with Gasteiger partial charge in [0.2, 0.25) is 0 Å². The van der Waals surface area contributed by atoms with E-state index in [2.05, 4.69) is 25.7 Å². The van der Waals surface area contributed by atoms with Gasteiger partial charge in [-0.05, 0) is 39.4 Å². The molecule has 76 valence electrons. The summed E-state index contributed by atoms with van der Waals surface area (Å²) in [6.45, 7) is 10.0. The van der Waals surface area contributed by atoms with E-state index in [9.17, 15) is 0 Å². The number of nitrogens with zero attached hydrogens (tertiary/aromatic N) is 1. The van der Waals surface area contributed by atoms with Crippen molar-refractivity contribution in [1.82, 2.24) is 4.90 Å². The van der Waals surface area contributed by atoms with Crippen LogP contribution in [0.1, 0.15) is 33.6 Å². The Bertz CT molecular complexity index is 82.6. The first-order valence-electron chi connectivity index (χ1n) is 4.68. The summed E-state index contributed by atoms with van der Waals surface area (Å²) in [5, 5.41) is 0. The van der Waals surface area contributed by atoms with Crippen molar-refractivity contribution >= 4 is 12.4 Å². The van der Waals surface area contributed by atoms with Crippen LogP contribution in [0.4, 0.5) is 0 Å². The molecule has 0 aromatic rings. The monoisotopic (exact) mass is 194 g/mol. The van der Waals surface area contributed by atoms with Gasteiger partial charge in [0.25, 0.3) is 0 Å². The molecule has 2 nitrogen and oxygen atoms in total. The Kier molecular flexibility index (Phi) is 11.4. The summed E-state index contributed by atoms with van der Waals surface area (Å²) in [7, 11) is 0. The minimum Gasteiger partial charge on any atom is -0.328 e. The van der Waals surface area contributed by atoms with Crippen molar-refractivity contribution in [2.75, 3.05) is 19.6 Å². The summed E-state index contributed by atoms with van der Waals surface area (Å²) >= 11 is 0. The van der Waals surface area contributed by atoms with Gasteiger partial charge in [-0.3, -0.25) is 0 Å². The molecule has 0 spiro atoms. The van der Waals surface area contributed by atoms with Crippen molar-refractivity contribution in [1.29, 1.82) is 0 Å². The third kappa shape index (κ3) is 8.31. The highest BCUT2D eigenvalue weighted by molar-refractivity contribution is 5.85. The molecule has 12 heavy (non-hydrogen) atoms. The minimum atomic E-state index is 0. The van der Waals surface area contributed by atoms with Crippen LogP contribution in [0.5, 0.6) is 0 Å². The molecule has 0 amide bonds. The number of hydrogen-bond donors (Lipinski definition) is 1. The molecule has 0 aliphatic carbocycles. The Morgan fingerprint density at radius 1 is 1.25 bits per heavy atom. The smallest absolute Gasteiger partial charge is 0.00109 e. The van der Waals surface area contributed by atoms with E-state index in [1.54, 1.807) is 0 Å². The van der Waals surface area contributed by atoms with E-state index in [-0.39, 0.29) is 12.4 Å². The molecule has 3 heteroatoms. The Hall–Kier alpha value is 0.210. The fraction of sp³-hybridized carbons (Fsp3) is 1.00. The second-order valence-electron chi connectivity index (χ2n) is 3.15. The maximum atomic E-state index is 5.64. The van der Waals surface area contributed by atoms with Gasteiger partial charge in [-0.1, -0.05) is 13.8 Å². The maximum Gasteiger partial charge on any atom is 0.00109 e. The fourth-order valence-corrected chi connectivity index (χ4v) is 1.18. The molecule has 2 N–H and O–H groups in total. The molecule has 0 saturated carbocycles. The molecule has 0 bridgehead atoms. The highest BCUT2D eigenvalue weighted by Crippen LogP contribution is 1.96. The van der Waals surface area contributed by atoms with Gasteiger partial charge in [-0.15, -0.1) is 12.4 Å². The predicted molar refractivity (Wildman–Crippen MR) is 57.9 cm³/mol. The summed E-state index contributed by atoms with van der Waals surface area (Å²) in [6.07, 6.45) is 2.38. The van der Waals surface area contributed by atoms with Crippen LogP contribution in [0.25, 0.3) is 0 Å². The average Bonchev–Trinajstić information content (AvgIpc) is 1.98. The molecule has 0 aliphatic rings. The Balaban J connectivity index is 0.